The Hall–Kier alpha value is -1.77. The maximum atomic E-state index is 13.1. The topological polar surface area (TPSA) is 75.6 Å². The maximum Gasteiger partial charge on any atom is 0.419 e. The Kier molecular flexibility index (Phi) is 5.11. The van der Waals surface area contributed by atoms with E-state index in [1.54, 1.807) is 0 Å². The Morgan fingerprint density at radius 2 is 1.77 bits per heavy atom. The standard InChI is InChI=1S/C13H13BrF3NO4/c1-12(2,3)22-11(21)18-9-6(10(19)20)4-5-7(14)8(9)13(15,16)17/h4-5H,1-3H3,(H,18,21)(H,19,20). The second-order valence-corrected chi connectivity index (χ2v) is 6.13. The highest BCUT2D eigenvalue weighted by Crippen LogP contribution is 2.41. The van der Waals surface area contributed by atoms with E-state index in [1.807, 2.05) is 5.32 Å². The Morgan fingerprint density at radius 3 is 2.18 bits per heavy atom. The van der Waals surface area contributed by atoms with Crippen LogP contribution in [0.5, 0.6) is 0 Å². The number of hydrogen-bond acceptors (Lipinski definition) is 3. The summed E-state index contributed by atoms with van der Waals surface area (Å²) < 4.78 is 43.8. The fraction of sp³-hybridized carbons (Fsp3) is 0.385. The second-order valence-electron chi connectivity index (χ2n) is 5.27. The fourth-order valence-electron chi connectivity index (χ4n) is 1.57. The van der Waals surface area contributed by atoms with E-state index in [0.29, 0.717) is 0 Å². The lowest BCUT2D eigenvalue weighted by Gasteiger charge is -2.22. The van der Waals surface area contributed by atoms with Gasteiger partial charge in [0.25, 0.3) is 0 Å². The van der Waals surface area contributed by atoms with Crippen molar-refractivity contribution >= 4 is 33.7 Å². The minimum absolute atomic E-state index is 0.393. The molecule has 122 valence electrons. The Labute approximate surface area is 132 Å². The van der Waals surface area contributed by atoms with Crippen LogP contribution < -0.4 is 5.32 Å². The van der Waals surface area contributed by atoms with Crippen molar-refractivity contribution in [3.05, 3.63) is 27.7 Å². The maximum absolute atomic E-state index is 13.1. The van der Waals surface area contributed by atoms with Gasteiger partial charge in [0.1, 0.15) is 5.60 Å². The molecule has 1 aromatic carbocycles. The van der Waals surface area contributed by atoms with Gasteiger partial charge in [0.2, 0.25) is 0 Å². The predicted octanol–water partition coefficient (Wildman–Crippen LogP) is 4.51. The van der Waals surface area contributed by atoms with E-state index in [4.69, 9.17) is 9.84 Å². The van der Waals surface area contributed by atoms with Crippen molar-refractivity contribution in [2.75, 3.05) is 5.32 Å². The number of amides is 1. The summed E-state index contributed by atoms with van der Waals surface area (Å²) in [6.07, 6.45) is -6.05. The lowest BCUT2D eigenvalue weighted by Crippen LogP contribution is -2.29. The summed E-state index contributed by atoms with van der Waals surface area (Å²) in [6, 6.07) is 1.90. The van der Waals surface area contributed by atoms with Gasteiger partial charge < -0.3 is 9.84 Å². The zero-order chi connectivity index (χ0) is 17.3. The Bertz CT molecular complexity index is 609. The van der Waals surface area contributed by atoms with E-state index < -0.39 is 45.1 Å². The van der Waals surface area contributed by atoms with Crippen molar-refractivity contribution in [1.29, 1.82) is 0 Å². The molecule has 0 bridgehead atoms. The van der Waals surface area contributed by atoms with Gasteiger partial charge in [-0.25, -0.2) is 9.59 Å². The third-order valence-corrected chi connectivity index (χ3v) is 2.96. The molecular formula is C13H13BrF3NO4. The molecule has 0 aliphatic carbocycles. The molecule has 0 spiro atoms. The number of carbonyl (C=O) groups is 2. The van der Waals surface area contributed by atoms with Crippen LogP contribution in [0.3, 0.4) is 0 Å². The minimum atomic E-state index is -4.87. The largest absolute Gasteiger partial charge is 0.478 e. The molecule has 0 fully saturated rings. The number of alkyl halides is 3. The van der Waals surface area contributed by atoms with E-state index in [-0.39, 0.29) is 0 Å². The first kappa shape index (κ1) is 18.3. The molecule has 0 heterocycles. The van der Waals surface area contributed by atoms with E-state index in [9.17, 15) is 22.8 Å². The predicted molar refractivity (Wildman–Crippen MR) is 76.0 cm³/mol. The molecule has 0 unspecified atom stereocenters. The van der Waals surface area contributed by atoms with Gasteiger partial charge in [-0.05, 0) is 32.9 Å². The molecule has 22 heavy (non-hydrogen) atoms. The van der Waals surface area contributed by atoms with Crippen molar-refractivity contribution in [1.82, 2.24) is 0 Å². The molecule has 2 N–H and O–H groups in total. The van der Waals surface area contributed by atoms with Crippen LogP contribution in [0.4, 0.5) is 23.7 Å². The molecule has 1 aromatic rings. The molecule has 9 heteroatoms. The summed E-state index contributed by atoms with van der Waals surface area (Å²) in [5.74, 6) is -1.61. The highest BCUT2D eigenvalue weighted by molar-refractivity contribution is 9.10. The molecule has 0 saturated carbocycles. The zero-order valence-corrected chi connectivity index (χ0v) is 13.4. The number of rotatable bonds is 2. The van der Waals surface area contributed by atoms with Crippen LogP contribution in [0.1, 0.15) is 36.7 Å². The van der Waals surface area contributed by atoms with E-state index >= 15 is 0 Å². The van der Waals surface area contributed by atoms with Gasteiger partial charge in [-0.1, -0.05) is 15.9 Å². The number of halogens is 4. The smallest absolute Gasteiger partial charge is 0.419 e. The third kappa shape index (κ3) is 4.62. The first-order valence-corrected chi connectivity index (χ1v) is 6.75. The first-order chi connectivity index (χ1) is 9.83. The number of anilines is 1. The third-order valence-electron chi connectivity index (χ3n) is 2.29. The average Bonchev–Trinajstić information content (AvgIpc) is 2.23. The zero-order valence-electron chi connectivity index (χ0n) is 11.8. The van der Waals surface area contributed by atoms with E-state index in [0.717, 1.165) is 12.1 Å². The number of carboxylic acids is 1. The summed E-state index contributed by atoms with van der Waals surface area (Å²) in [5, 5.41) is 10.9. The molecule has 5 nitrogen and oxygen atoms in total. The van der Waals surface area contributed by atoms with Crippen molar-refractivity contribution in [3.8, 4) is 0 Å². The lowest BCUT2D eigenvalue weighted by atomic mass is 10.1. The molecule has 1 amide bonds. The lowest BCUT2D eigenvalue weighted by molar-refractivity contribution is -0.137. The van der Waals surface area contributed by atoms with Gasteiger partial charge in [0, 0.05) is 4.47 Å². The molecule has 0 aliphatic rings. The molecule has 0 saturated heterocycles. The molecule has 0 radical (unpaired) electrons. The highest BCUT2D eigenvalue weighted by Gasteiger charge is 2.38. The number of benzene rings is 1. The Balaban J connectivity index is 3.39. The number of ether oxygens (including phenoxy) is 1. The van der Waals surface area contributed by atoms with Crippen LogP contribution >= 0.6 is 15.9 Å². The fourth-order valence-corrected chi connectivity index (χ4v) is 2.12. The summed E-state index contributed by atoms with van der Waals surface area (Å²) in [7, 11) is 0. The van der Waals surface area contributed by atoms with Crippen molar-refractivity contribution in [3.63, 3.8) is 0 Å². The van der Waals surface area contributed by atoms with Gasteiger partial charge in [-0.15, -0.1) is 0 Å². The van der Waals surface area contributed by atoms with Crippen molar-refractivity contribution < 1.29 is 32.6 Å². The highest BCUT2D eigenvalue weighted by atomic mass is 79.9. The van der Waals surface area contributed by atoms with Crippen LogP contribution in [0.2, 0.25) is 0 Å². The van der Waals surface area contributed by atoms with Gasteiger partial charge >= 0.3 is 18.2 Å². The van der Waals surface area contributed by atoms with Crippen molar-refractivity contribution in [2.45, 2.75) is 32.5 Å². The second kappa shape index (κ2) is 6.15. The number of carbonyl (C=O) groups excluding carboxylic acids is 1. The minimum Gasteiger partial charge on any atom is -0.478 e. The number of carboxylic acid groups (broad SMARTS) is 1. The molecular weight excluding hydrogens is 371 g/mol. The van der Waals surface area contributed by atoms with Crippen LogP contribution in [0, 0.1) is 0 Å². The summed E-state index contributed by atoms with van der Waals surface area (Å²) >= 11 is 2.71. The monoisotopic (exact) mass is 383 g/mol. The average molecular weight is 384 g/mol. The summed E-state index contributed by atoms with van der Waals surface area (Å²) in [6.45, 7) is 4.57. The SMILES string of the molecule is CC(C)(C)OC(=O)Nc1c(C(=O)O)ccc(Br)c1C(F)(F)F. The van der Waals surface area contributed by atoms with Crippen LogP contribution in [-0.4, -0.2) is 22.8 Å². The van der Waals surface area contributed by atoms with Gasteiger partial charge in [0.05, 0.1) is 16.8 Å². The summed E-state index contributed by atoms with van der Waals surface area (Å²) in [4.78, 5) is 22.8. The first-order valence-electron chi connectivity index (χ1n) is 5.96. The molecule has 1 rings (SSSR count). The van der Waals surface area contributed by atoms with Crippen molar-refractivity contribution in [2.24, 2.45) is 0 Å². The van der Waals surface area contributed by atoms with Gasteiger partial charge in [-0.2, -0.15) is 13.2 Å². The normalized spacial score (nSPS) is 12.0. The number of hydrogen-bond donors (Lipinski definition) is 2. The number of nitrogens with one attached hydrogen (secondary N) is 1. The quantitative estimate of drug-likeness (QED) is 0.787. The molecule has 0 atom stereocenters. The van der Waals surface area contributed by atoms with Crippen LogP contribution in [-0.2, 0) is 10.9 Å². The van der Waals surface area contributed by atoms with Crippen LogP contribution in [0.25, 0.3) is 0 Å². The number of aromatic carboxylic acids is 1. The van der Waals surface area contributed by atoms with E-state index in [1.165, 1.54) is 20.8 Å². The van der Waals surface area contributed by atoms with Gasteiger partial charge in [0.15, 0.2) is 0 Å². The molecule has 0 aliphatic heterocycles. The molecule has 0 aromatic heterocycles. The summed E-state index contributed by atoms with van der Waals surface area (Å²) in [5.41, 5.74) is -3.80. The van der Waals surface area contributed by atoms with Crippen LogP contribution in [0.15, 0.2) is 16.6 Å². The van der Waals surface area contributed by atoms with E-state index in [2.05, 4.69) is 15.9 Å². The Morgan fingerprint density at radius 1 is 1.23 bits per heavy atom. The van der Waals surface area contributed by atoms with Gasteiger partial charge in [-0.3, -0.25) is 5.32 Å².